The van der Waals surface area contributed by atoms with Gasteiger partial charge >= 0.3 is 5.97 Å². The summed E-state index contributed by atoms with van der Waals surface area (Å²) in [6.07, 6.45) is 1.60. The van der Waals surface area contributed by atoms with Gasteiger partial charge in [0.15, 0.2) is 0 Å². The van der Waals surface area contributed by atoms with Crippen molar-refractivity contribution in [2.75, 3.05) is 0 Å². The van der Waals surface area contributed by atoms with Gasteiger partial charge in [-0.2, -0.15) is 5.26 Å². The number of hydrogen-bond acceptors (Lipinski definition) is 4. The van der Waals surface area contributed by atoms with Crippen molar-refractivity contribution in [1.82, 2.24) is 9.97 Å². The number of carbonyl (C=O) groups is 1. The number of benzene rings is 2. The van der Waals surface area contributed by atoms with Crippen LogP contribution in [-0.4, -0.2) is 21.0 Å². The summed E-state index contributed by atoms with van der Waals surface area (Å²) >= 11 is 0. The summed E-state index contributed by atoms with van der Waals surface area (Å²) in [6.45, 7) is 0. The summed E-state index contributed by atoms with van der Waals surface area (Å²) in [5.41, 5.74) is 2.79. The Morgan fingerprint density at radius 3 is 2.78 bits per heavy atom. The van der Waals surface area contributed by atoms with Crippen LogP contribution >= 0.6 is 0 Å². The molecule has 0 aliphatic carbocycles. The number of carboxylic acid groups (broad SMARTS) is 1. The molecule has 130 valence electrons. The van der Waals surface area contributed by atoms with Crippen molar-refractivity contribution in [3.8, 4) is 17.4 Å². The van der Waals surface area contributed by atoms with Crippen LogP contribution in [0.5, 0.6) is 0 Å². The third-order valence-electron chi connectivity index (χ3n) is 4.07. The van der Waals surface area contributed by atoms with Crippen LogP contribution in [0.4, 0.5) is 0 Å². The predicted octanol–water partition coefficient (Wildman–Crippen LogP) is 4.59. The second kappa shape index (κ2) is 6.65. The Morgan fingerprint density at radius 2 is 2.00 bits per heavy atom. The highest BCUT2D eigenvalue weighted by molar-refractivity contribution is 5.90. The molecule has 2 heterocycles. The number of rotatable bonds is 4. The molecule has 2 aromatic heterocycles. The molecule has 0 bridgehead atoms. The van der Waals surface area contributed by atoms with Crippen molar-refractivity contribution in [2.45, 2.75) is 0 Å². The van der Waals surface area contributed by atoms with E-state index < -0.39 is 5.97 Å². The standard InChI is InChI=1S/C21H13N3O3/c22-12-15(20-23-17-6-1-2-7-18(17)24-20)11-16-8-9-19(27-16)13-4-3-5-14(10-13)21(25)26/h1-11H,(H,23,24)(H,25,26)/b15-11+. The number of fused-ring (bicyclic) bond motifs is 1. The van der Waals surface area contributed by atoms with Crippen molar-refractivity contribution in [2.24, 2.45) is 0 Å². The fourth-order valence-electron chi connectivity index (χ4n) is 2.77. The number of para-hydroxylation sites is 2. The van der Waals surface area contributed by atoms with Crippen LogP contribution in [-0.2, 0) is 0 Å². The van der Waals surface area contributed by atoms with Gasteiger partial charge in [0.25, 0.3) is 0 Å². The Hall–Kier alpha value is -4.11. The van der Waals surface area contributed by atoms with Gasteiger partial charge < -0.3 is 14.5 Å². The van der Waals surface area contributed by atoms with Crippen molar-refractivity contribution in [3.05, 3.63) is 77.8 Å². The summed E-state index contributed by atoms with van der Waals surface area (Å²) < 4.78 is 5.77. The second-order valence-corrected chi connectivity index (χ2v) is 5.86. The first-order valence-electron chi connectivity index (χ1n) is 8.14. The number of nitrogens with one attached hydrogen (secondary N) is 1. The highest BCUT2D eigenvalue weighted by Crippen LogP contribution is 2.26. The SMILES string of the molecule is N#C/C(=C\c1ccc(-c2cccc(C(=O)O)c2)o1)c1nc2ccccc2[nH]1. The fourth-order valence-corrected chi connectivity index (χ4v) is 2.77. The molecule has 0 spiro atoms. The fraction of sp³-hybridized carbons (Fsp3) is 0. The Labute approximate surface area is 154 Å². The molecule has 27 heavy (non-hydrogen) atoms. The first kappa shape index (κ1) is 16.4. The summed E-state index contributed by atoms with van der Waals surface area (Å²) in [6, 6.07) is 19.6. The van der Waals surface area contributed by atoms with Gasteiger partial charge in [-0.1, -0.05) is 24.3 Å². The van der Waals surface area contributed by atoms with Crippen LogP contribution in [0.3, 0.4) is 0 Å². The van der Waals surface area contributed by atoms with E-state index in [9.17, 15) is 10.1 Å². The highest BCUT2D eigenvalue weighted by Gasteiger charge is 2.11. The number of imidazole rings is 1. The van der Waals surface area contributed by atoms with Crippen LogP contribution < -0.4 is 0 Å². The first-order valence-corrected chi connectivity index (χ1v) is 8.14. The number of carboxylic acids is 1. The minimum Gasteiger partial charge on any atom is -0.478 e. The third-order valence-corrected chi connectivity index (χ3v) is 4.07. The average molecular weight is 355 g/mol. The lowest BCUT2D eigenvalue weighted by atomic mass is 10.1. The van der Waals surface area contributed by atoms with E-state index in [1.165, 1.54) is 6.07 Å². The third kappa shape index (κ3) is 3.22. The van der Waals surface area contributed by atoms with Crippen molar-refractivity contribution in [1.29, 1.82) is 5.26 Å². The normalized spacial score (nSPS) is 11.4. The maximum absolute atomic E-state index is 11.1. The lowest BCUT2D eigenvalue weighted by molar-refractivity contribution is 0.0697. The number of nitrogens with zero attached hydrogens (tertiary/aromatic N) is 2. The molecule has 0 unspecified atom stereocenters. The monoisotopic (exact) mass is 355 g/mol. The number of aromatic amines is 1. The van der Waals surface area contributed by atoms with Gasteiger partial charge in [0, 0.05) is 11.6 Å². The topological polar surface area (TPSA) is 103 Å². The maximum atomic E-state index is 11.1. The number of allylic oxidation sites excluding steroid dienone is 1. The molecule has 0 aliphatic heterocycles. The van der Waals surface area contributed by atoms with E-state index in [1.54, 1.807) is 36.4 Å². The van der Waals surface area contributed by atoms with E-state index in [1.807, 2.05) is 24.3 Å². The van der Waals surface area contributed by atoms with Crippen LogP contribution in [0.25, 0.3) is 34.0 Å². The summed E-state index contributed by atoms with van der Waals surface area (Å²) in [5, 5.41) is 18.6. The molecular weight excluding hydrogens is 342 g/mol. The molecule has 0 fully saturated rings. The van der Waals surface area contributed by atoms with Crippen LogP contribution in [0.15, 0.2) is 65.1 Å². The predicted molar refractivity (Wildman–Crippen MR) is 101 cm³/mol. The molecule has 0 saturated carbocycles. The molecule has 6 nitrogen and oxygen atoms in total. The van der Waals surface area contributed by atoms with Crippen molar-refractivity contribution >= 4 is 28.7 Å². The van der Waals surface area contributed by atoms with E-state index in [2.05, 4.69) is 16.0 Å². The van der Waals surface area contributed by atoms with E-state index in [4.69, 9.17) is 9.52 Å². The van der Waals surface area contributed by atoms with E-state index in [-0.39, 0.29) is 5.56 Å². The second-order valence-electron chi connectivity index (χ2n) is 5.86. The van der Waals surface area contributed by atoms with E-state index >= 15 is 0 Å². The zero-order chi connectivity index (χ0) is 18.8. The number of furan rings is 1. The molecule has 2 N–H and O–H groups in total. The highest BCUT2D eigenvalue weighted by atomic mass is 16.4. The van der Waals surface area contributed by atoms with Crippen LogP contribution in [0.1, 0.15) is 21.9 Å². The Morgan fingerprint density at radius 1 is 1.15 bits per heavy atom. The zero-order valence-electron chi connectivity index (χ0n) is 14.0. The molecule has 4 rings (SSSR count). The summed E-state index contributed by atoms with van der Waals surface area (Å²) in [7, 11) is 0. The molecule has 0 atom stereocenters. The molecule has 2 aromatic carbocycles. The van der Waals surface area contributed by atoms with Crippen LogP contribution in [0, 0.1) is 11.3 Å². The van der Waals surface area contributed by atoms with Gasteiger partial charge in [0.1, 0.15) is 23.4 Å². The average Bonchev–Trinajstić information content (AvgIpc) is 3.33. The molecule has 0 radical (unpaired) electrons. The molecular formula is C21H13N3O3. The van der Waals surface area contributed by atoms with Crippen LogP contribution in [0.2, 0.25) is 0 Å². The zero-order valence-corrected chi connectivity index (χ0v) is 14.0. The van der Waals surface area contributed by atoms with E-state index in [0.717, 1.165) is 11.0 Å². The number of hydrogen-bond donors (Lipinski definition) is 2. The summed E-state index contributed by atoms with van der Waals surface area (Å²) in [4.78, 5) is 18.7. The number of H-pyrrole nitrogens is 1. The lowest BCUT2D eigenvalue weighted by Crippen LogP contribution is -1.95. The van der Waals surface area contributed by atoms with Gasteiger partial charge in [-0.05, 0) is 36.4 Å². The van der Waals surface area contributed by atoms with Crippen molar-refractivity contribution < 1.29 is 14.3 Å². The smallest absolute Gasteiger partial charge is 0.335 e. The maximum Gasteiger partial charge on any atom is 0.335 e. The number of nitriles is 1. The van der Waals surface area contributed by atoms with Gasteiger partial charge in [-0.3, -0.25) is 0 Å². The van der Waals surface area contributed by atoms with Gasteiger partial charge in [-0.15, -0.1) is 0 Å². The lowest BCUT2D eigenvalue weighted by Gasteiger charge is -1.99. The Bertz CT molecular complexity index is 1190. The number of aromatic nitrogens is 2. The van der Waals surface area contributed by atoms with Gasteiger partial charge in [-0.25, -0.2) is 9.78 Å². The largest absolute Gasteiger partial charge is 0.478 e. The van der Waals surface area contributed by atoms with Crippen molar-refractivity contribution in [3.63, 3.8) is 0 Å². The quantitative estimate of drug-likeness (QED) is 0.521. The summed E-state index contributed by atoms with van der Waals surface area (Å²) in [5.74, 6) is 0.457. The Kier molecular flexibility index (Phi) is 4.03. The molecule has 0 amide bonds. The molecule has 0 saturated heterocycles. The van der Waals surface area contributed by atoms with Gasteiger partial charge in [0.05, 0.1) is 22.2 Å². The first-order chi connectivity index (χ1) is 13.1. The minimum atomic E-state index is -1.000. The van der Waals surface area contributed by atoms with E-state index in [0.29, 0.717) is 28.5 Å². The number of aromatic carboxylic acids is 1. The molecule has 6 heteroatoms. The van der Waals surface area contributed by atoms with Gasteiger partial charge in [0.2, 0.25) is 0 Å². The Balaban J connectivity index is 1.68. The minimum absolute atomic E-state index is 0.181. The molecule has 0 aliphatic rings. The molecule has 4 aromatic rings.